The Bertz CT molecular complexity index is 474. The van der Waals surface area contributed by atoms with Gasteiger partial charge in [-0.2, -0.15) is 0 Å². The molecule has 6 heteroatoms. The molecule has 1 N–H and O–H groups in total. The average molecular weight is 277 g/mol. The third-order valence-corrected chi connectivity index (χ3v) is 4.36. The molecule has 0 bridgehead atoms. The van der Waals surface area contributed by atoms with Gasteiger partial charge in [0.2, 0.25) is 5.95 Å². The summed E-state index contributed by atoms with van der Waals surface area (Å²) in [6, 6.07) is 0.485. The monoisotopic (exact) mass is 277 g/mol. The van der Waals surface area contributed by atoms with E-state index >= 15 is 0 Å². The first-order valence-electron chi connectivity index (χ1n) is 7.42. The molecule has 0 spiro atoms. The van der Waals surface area contributed by atoms with Crippen LogP contribution in [0.5, 0.6) is 0 Å². The van der Waals surface area contributed by atoms with E-state index in [4.69, 9.17) is 0 Å². The maximum absolute atomic E-state index is 12.5. The maximum atomic E-state index is 12.5. The summed E-state index contributed by atoms with van der Waals surface area (Å²) in [6.45, 7) is 3.80. The maximum Gasteiger partial charge on any atom is 0.273 e. The van der Waals surface area contributed by atoms with Gasteiger partial charge in [0.15, 0.2) is 0 Å². The molecule has 0 aromatic carbocycles. The fourth-order valence-electron chi connectivity index (χ4n) is 3.08. The number of imidazole rings is 1. The normalized spacial score (nSPS) is 22.4. The largest absolute Gasteiger partial charge is 0.356 e. The summed E-state index contributed by atoms with van der Waals surface area (Å²) in [4.78, 5) is 21.0. The molecule has 3 heterocycles. The minimum Gasteiger partial charge on any atom is -0.356 e. The van der Waals surface area contributed by atoms with Gasteiger partial charge in [0.25, 0.3) is 5.91 Å². The quantitative estimate of drug-likeness (QED) is 0.890. The summed E-state index contributed by atoms with van der Waals surface area (Å²) >= 11 is 0. The number of amides is 1. The van der Waals surface area contributed by atoms with E-state index in [2.05, 4.69) is 22.2 Å². The van der Waals surface area contributed by atoms with Crippen LogP contribution in [0.15, 0.2) is 6.20 Å². The van der Waals surface area contributed by atoms with Crippen LogP contribution in [0.4, 0.5) is 5.95 Å². The number of aryl methyl sites for hydroxylation is 1. The lowest BCUT2D eigenvalue weighted by molar-refractivity contribution is 0.0756. The van der Waals surface area contributed by atoms with Gasteiger partial charge in [-0.3, -0.25) is 4.79 Å². The van der Waals surface area contributed by atoms with Crippen LogP contribution < -0.4 is 5.32 Å². The third kappa shape index (κ3) is 2.52. The van der Waals surface area contributed by atoms with Gasteiger partial charge < -0.3 is 19.7 Å². The minimum atomic E-state index is 0.0222. The lowest BCUT2D eigenvalue weighted by Crippen LogP contribution is -2.39. The molecule has 0 aliphatic carbocycles. The van der Waals surface area contributed by atoms with Gasteiger partial charge in [0.1, 0.15) is 5.69 Å². The van der Waals surface area contributed by atoms with Crippen molar-refractivity contribution in [2.24, 2.45) is 0 Å². The van der Waals surface area contributed by atoms with Crippen LogP contribution in [0.25, 0.3) is 0 Å². The van der Waals surface area contributed by atoms with Crippen LogP contribution in [-0.2, 0) is 6.54 Å². The predicted octanol–water partition coefficient (Wildman–Crippen LogP) is 0.865. The topological polar surface area (TPSA) is 53.4 Å². The molecule has 1 atom stereocenters. The zero-order valence-electron chi connectivity index (χ0n) is 12.3. The summed E-state index contributed by atoms with van der Waals surface area (Å²) in [5.74, 6) is 0.847. The molecule has 1 saturated heterocycles. The smallest absolute Gasteiger partial charge is 0.273 e. The summed E-state index contributed by atoms with van der Waals surface area (Å²) in [5.41, 5.74) is 0.553. The standard InChI is InChI=1S/C14H23N5O/c1-17-7-3-5-11(17)9-18(2)13(20)12-10-19-8-4-6-15-14(19)16-12/h10-11H,3-9H2,1-2H3,(H,15,16). The molecule has 3 rings (SSSR count). The van der Waals surface area contributed by atoms with Gasteiger partial charge in [-0.15, -0.1) is 0 Å². The SMILES string of the molecule is CN(CC1CCCN1C)C(=O)c1cn2c(n1)NCCC2. The van der Waals surface area contributed by atoms with E-state index < -0.39 is 0 Å². The number of aromatic nitrogens is 2. The number of hydrogen-bond acceptors (Lipinski definition) is 4. The molecule has 1 fully saturated rings. The van der Waals surface area contributed by atoms with Crippen LogP contribution in [0.1, 0.15) is 29.8 Å². The Morgan fingerprint density at radius 1 is 1.50 bits per heavy atom. The molecule has 1 amide bonds. The van der Waals surface area contributed by atoms with Gasteiger partial charge >= 0.3 is 0 Å². The fourth-order valence-corrected chi connectivity index (χ4v) is 3.08. The van der Waals surface area contributed by atoms with Gasteiger partial charge in [0.05, 0.1) is 0 Å². The zero-order chi connectivity index (χ0) is 14.1. The molecule has 20 heavy (non-hydrogen) atoms. The van der Waals surface area contributed by atoms with Crippen molar-refractivity contribution < 1.29 is 4.79 Å². The number of anilines is 1. The Morgan fingerprint density at radius 3 is 3.05 bits per heavy atom. The number of nitrogens with zero attached hydrogens (tertiary/aromatic N) is 4. The van der Waals surface area contributed by atoms with Crippen molar-refractivity contribution in [3.05, 3.63) is 11.9 Å². The third-order valence-electron chi connectivity index (χ3n) is 4.36. The number of hydrogen-bond donors (Lipinski definition) is 1. The van der Waals surface area contributed by atoms with E-state index in [-0.39, 0.29) is 5.91 Å². The van der Waals surface area contributed by atoms with Crippen molar-refractivity contribution in [1.29, 1.82) is 0 Å². The Balaban J connectivity index is 1.67. The van der Waals surface area contributed by atoms with Crippen molar-refractivity contribution >= 4 is 11.9 Å². The van der Waals surface area contributed by atoms with E-state index in [0.29, 0.717) is 11.7 Å². The van der Waals surface area contributed by atoms with E-state index in [1.54, 1.807) is 4.90 Å². The summed E-state index contributed by atoms with van der Waals surface area (Å²) < 4.78 is 2.03. The summed E-state index contributed by atoms with van der Waals surface area (Å²) in [7, 11) is 4.01. The molecule has 1 unspecified atom stereocenters. The van der Waals surface area contributed by atoms with Crippen LogP contribution in [0.2, 0.25) is 0 Å². The number of fused-ring (bicyclic) bond motifs is 1. The Morgan fingerprint density at radius 2 is 2.35 bits per heavy atom. The first-order valence-corrected chi connectivity index (χ1v) is 7.42. The van der Waals surface area contributed by atoms with Crippen molar-refractivity contribution in [3.8, 4) is 0 Å². The molecule has 110 valence electrons. The number of nitrogens with one attached hydrogen (secondary N) is 1. The first-order chi connectivity index (χ1) is 9.65. The second-order valence-corrected chi connectivity index (χ2v) is 5.89. The Hall–Kier alpha value is -1.56. The van der Waals surface area contributed by atoms with E-state index in [1.807, 2.05) is 17.8 Å². The second kappa shape index (κ2) is 5.44. The Kier molecular flexibility index (Phi) is 3.65. The molecular weight excluding hydrogens is 254 g/mol. The van der Waals surface area contributed by atoms with Crippen molar-refractivity contribution in [2.75, 3.05) is 39.0 Å². The Labute approximate surface area is 119 Å². The van der Waals surface area contributed by atoms with E-state index in [1.165, 1.54) is 12.8 Å². The summed E-state index contributed by atoms with van der Waals surface area (Å²) in [5, 5.41) is 3.23. The first kappa shape index (κ1) is 13.4. The summed E-state index contributed by atoms with van der Waals surface area (Å²) in [6.07, 6.45) is 5.36. The number of carbonyl (C=O) groups excluding carboxylic acids is 1. The van der Waals surface area contributed by atoms with Crippen molar-refractivity contribution in [2.45, 2.75) is 31.8 Å². The molecule has 2 aliphatic rings. The number of likely N-dealkylation sites (N-methyl/N-ethyl adjacent to an activating group) is 2. The molecule has 0 radical (unpaired) electrons. The van der Waals surface area contributed by atoms with Gasteiger partial charge in [0, 0.05) is 38.9 Å². The predicted molar refractivity (Wildman–Crippen MR) is 77.9 cm³/mol. The zero-order valence-corrected chi connectivity index (χ0v) is 12.3. The lowest BCUT2D eigenvalue weighted by Gasteiger charge is -2.25. The molecule has 1 aromatic heterocycles. The van der Waals surface area contributed by atoms with Crippen LogP contribution in [0, 0.1) is 0 Å². The second-order valence-electron chi connectivity index (χ2n) is 5.89. The number of carbonyl (C=O) groups is 1. The van der Waals surface area contributed by atoms with Crippen LogP contribution in [-0.4, -0.2) is 65.0 Å². The highest BCUT2D eigenvalue weighted by Crippen LogP contribution is 2.18. The van der Waals surface area contributed by atoms with Gasteiger partial charge in [-0.05, 0) is 32.9 Å². The van der Waals surface area contributed by atoms with Crippen LogP contribution in [0.3, 0.4) is 0 Å². The van der Waals surface area contributed by atoms with Gasteiger partial charge in [-0.1, -0.05) is 0 Å². The fraction of sp³-hybridized carbons (Fsp3) is 0.714. The molecular formula is C14H23N5O. The lowest BCUT2D eigenvalue weighted by atomic mass is 10.2. The average Bonchev–Trinajstić information content (AvgIpc) is 3.04. The van der Waals surface area contributed by atoms with Gasteiger partial charge in [-0.25, -0.2) is 4.98 Å². The number of rotatable bonds is 3. The highest BCUT2D eigenvalue weighted by Gasteiger charge is 2.26. The molecule has 0 saturated carbocycles. The molecule has 2 aliphatic heterocycles. The molecule has 6 nitrogen and oxygen atoms in total. The van der Waals surface area contributed by atoms with E-state index in [0.717, 1.165) is 38.5 Å². The van der Waals surface area contributed by atoms with E-state index in [9.17, 15) is 4.79 Å². The highest BCUT2D eigenvalue weighted by molar-refractivity contribution is 5.92. The molecule has 1 aromatic rings. The number of likely N-dealkylation sites (tertiary alicyclic amines) is 1. The highest BCUT2D eigenvalue weighted by atomic mass is 16.2. The van der Waals surface area contributed by atoms with Crippen molar-refractivity contribution in [1.82, 2.24) is 19.4 Å². The minimum absolute atomic E-state index is 0.0222. The van der Waals surface area contributed by atoms with Crippen LogP contribution >= 0.6 is 0 Å². The van der Waals surface area contributed by atoms with Crippen molar-refractivity contribution in [3.63, 3.8) is 0 Å².